The minimum Gasteiger partial charge on any atom is -0.473 e. The van der Waals surface area contributed by atoms with Crippen molar-refractivity contribution in [2.45, 2.75) is 63.3 Å². The number of rotatable bonds is 5. The van der Waals surface area contributed by atoms with Crippen molar-refractivity contribution >= 4 is 33.8 Å². The zero-order valence-electron chi connectivity index (χ0n) is 18.4. The summed E-state index contributed by atoms with van der Waals surface area (Å²) in [6, 6.07) is 19.7. The van der Waals surface area contributed by atoms with Gasteiger partial charge in [-0.05, 0) is 43.0 Å². The Labute approximate surface area is 201 Å². The molecular formula is C25H28BrNO6. The lowest BCUT2D eigenvalue weighted by Gasteiger charge is -2.38. The third kappa shape index (κ3) is 6.88. The van der Waals surface area contributed by atoms with Gasteiger partial charge < -0.3 is 14.9 Å². The highest BCUT2D eigenvalue weighted by atomic mass is 79.9. The smallest absolute Gasteiger partial charge is 0.414 e. The summed E-state index contributed by atoms with van der Waals surface area (Å²) in [7, 11) is 0. The first-order valence-corrected chi connectivity index (χ1v) is 11.8. The zero-order chi connectivity index (χ0) is 24.0. The van der Waals surface area contributed by atoms with Crippen molar-refractivity contribution in [2.24, 2.45) is 0 Å². The fourth-order valence-corrected chi connectivity index (χ4v) is 4.79. The Morgan fingerprint density at radius 1 is 0.970 bits per heavy atom. The number of fused-ring (bicyclic) bond motifs is 2. The fourth-order valence-electron chi connectivity index (χ4n) is 4.53. The van der Waals surface area contributed by atoms with Crippen LogP contribution < -0.4 is 0 Å². The number of carbonyl (C=O) groups excluding carboxylic acids is 1. The molecular weight excluding hydrogens is 490 g/mol. The standard InChI is InChI=1S/C23H26BrNO2.C2H2O4/c1-16(18-7-9-19(24)10-8-18)23(26)27-22-13-20-11-12-21(14-22)25(20)15-17-5-3-2-4-6-17;3-1(4)2(5)6/h2-10,16,20-22H,11-15H2,1H3;(H,3,4)(H,5,6). The molecule has 2 aromatic carbocycles. The van der Waals surface area contributed by atoms with E-state index in [1.807, 2.05) is 31.2 Å². The van der Waals surface area contributed by atoms with Crippen LogP contribution >= 0.6 is 15.9 Å². The third-order valence-corrected chi connectivity index (χ3v) is 6.77. The van der Waals surface area contributed by atoms with Crippen LogP contribution in [0.25, 0.3) is 0 Å². The molecule has 2 heterocycles. The Morgan fingerprint density at radius 2 is 1.52 bits per heavy atom. The van der Waals surface area contributed by atoms with Crippen molar-refractivity contribution < 1.29 is 29.3 Å². The van der Waals surface area contributed by atoms with Gasteiger partial charge in [0.05, 0.1) is 5.92 Å². The number of carboxylic acid groups (broad SMARTS) is 2. The summed E-state index contributed by atoms with van der Waals surface area (Å²) in [5.41, 5.74) is 2.38. The maximum absolute atomic E-state index is 12.7. The van der Waals surface area contributed by atoms with Gasteiger partial charge >= 0.3 is 17.9 Å². The lowest BCUT2D eigenvalue weighted by molar-refractivity contribution is -0.159. The molecule has 176 valence electrons. The zero-order valence-corrected chi connectivity index (χ0v) is 20.0. The lowest BCUT2D eigenvalue weighted by atomic mass is 9.97. The van der Waals surface area contributed by atoms with E-state index >= 15 is 0 Å². The largest absolute Gasteiger partial charge is 0.473 e. The number of esters is 1. The average Bonchev–Trinajstić information content (AvgIpc) is 3.02. The highest BCUT2D eigenvalue weighted by Crippen LogP contribution is 2.38. The predicted molar refractivity (Wildman–Crippen MR) is 126 cm³/mol. The lowest BCUT2D eigenvalue weighted by Crippen LogP contribution is -2.45. The summed E-state index contributed by atoms with van der Waals surface area (Å²) in [6.45, 7) is 2.94. The van der Waals surface area contributed by atoms with E-state index in [9.17, 15) is 4.79 Å². The number of carbonyl (C=O) groups is 3. The number of piperidine rings is 1. The van der Waals surface area contributed by atoms with E-state index in [0.29, 0.717) is 12.1 Å². The van der Waals surface area contributed by atoms with Crippen LogP contribution in [0.2, 0.25) is 0 Å². The summed E-state index contributed by atoms with van der Waals surface area (Å²) < 4.78 is 6.96. The van der Waals surface area contributed by atoms with Gasteiger partial charge in [-0.2, -0.15) is 0 Å². The molecule has 0 spiro atoms. The van der Waals surface area contributed by atoms with E-state index in [-0.39, 0.29) is 18.0 Å². The van der Waals surface area contributed by atoms with Gasteiger partial charge in [-0.15, -0.1) is 0 Å². The van der Waals surface area contributed by atoms with Crippen molar-refractivity contribution in [2.75, 3.05) is 0 Å². The van der Waals surface area contributed by atoms with Gasteiger partial charge in [-0.25, -0.2) is 9.59 Å². The van der Waals surface area contributed by atoms with Crippen LogP contribution in [0.1, 0.15) is 49.7 Å². The molecule has 0 aliphatic carbocycles. The molecule has 3 unspecified atom stereocenters. The van der Waals surface area contributed by atoms with Crippen LogP contribution in [-0.4, -0.2) is 51.2 Å². The highest BCUT2D eigenvalue weighted by Gasteiger charge is 2.42. The van der Waals surface area contributed by atoms with Crippen LogP contribution in [0.15, 0.2) is 59.1 Å². The average molecular weight is 518 g/mol. The number of hydrogen-bond donors (Lipinski definition) is 2. The second kappa shape index (κ2) is 11.4. The van der Waals surface area contributed by atoms with Crippen LogP contribution in [-0.2, 0) is 25.7 Å². The number of benzene rings is 2. The molecule has 2 aliphatic heterocycles. The van der Waals surface area contributed by atoms with Gasteiger partial charge in [0.25, 0.3) is 0 Å². The number of carboxylic acids is 2. The Kier molecular flexibility index (Phi) is 8.63. The summed E-state index contributed by atoms with van der Waals surface area (Å²) in [5.74, 6) is -3.97. The number of nitrogens with zero attached hydrogens (tertiary/aromatic N) is 1. The van der Waals surface area contributed by atoms with Crippen molar-refractivity contribution in [1.29, 1.82) is 0 Å². The van der Waals surface area contributed by atoms with E-state index < -0.39 is 11.9 Å². The van der Waals surface area contributed by atoms with E-state index in [1.165, 1.54) is 18.4 Å². The van der Waals surface area contributed by atoms with Gasteiger partial charge in [0, 0.05) is 35.9 Å². The molecule has 2 N–H and O–H groups in total. The molecule has 2 bridgehead atoms. The molecule has 8 heteroatoms. The molecule has 2 aromatic rings. The Balaban J connectivity index is 0.000000454. The highest BCUT2D eigenvalue weighted by molar-refractivity contribution is 9.10. The number of hydrogen-bond acceptors (Lipinski definition) is 5. The summed E-state index contributed by atoms with van der Waals surface area (Å²) >= 11 is 3.44. The van der Waals surface area contributed by atoms with E-state index in [1.54, 1.807) is 0 Å². The summed E-state index contributed by atoms with van der Waals surface area (Å²) in [5, 5.41) is 14.8. The maximum atomic E-state index is 12.7. The van der Waals surface area contributed by atoms with Gasteiger partial charge in [-0.3, -0.25) is 9.69 Å². The molecule has 0 radical (unpaired) electrons. The molecule has 33 heavy (non-hydrogen) atoms. The monoisotopic (exact) mass is 517 g/mol. The first-order chi connectivity index (χ1) is 15.7. The second-order valence-corrected chi connectivity index (χ2v) is 9.37. The van der Waals surface area contributed by atoms with Gasteiger partial charge in [0.15, 0.2) is 0 Å². The molecule has 4 rings (SSSR count). The Morgan fingerprint density at radius 3 is 2.03 bits per heavy atom. The van der Waals surface area contributed by atoms with Crippen LogP contribution in [0.4, 0.5) is 0 Å². The second-order valence-electron chi connectivity index (χ2n) is 8.46. The maximum Gasteiger partial charge on any atom is 0.414 e. The molecule has 0 aromatic heterocycles. The molecule has 2 aliphatic rings. The SMILES string of the molecule is CC(C(=O)OC1CC2CCC(C1)N2Cc1ccccc1)c1ccc(Br)cc1.O=C(O)C(=O)O. The fraction of sp³-hybridized carbons (Fsp3) is 0.400. The molecule has 2 fully saturated rings. The first kappa shape index (κ1) is 24.9. The van der Waals surface area contributed by atoms with Gasteiger partial charge in [0.2, 0.25) is 0 Å². The summed E-state index contributed by atoms with van der Waals surface area (Å²) in [6.07, 6.45) is 4.41. The third-order valence-electron chi connectivity index (χ3n) is 6.24. The van der Waals surface area contributed by atoms with E-state index in [4.69, 9.17) is 24.5 Å². The van der Waals surface area contributed by atoms with E-state index in [0.717, 1.165) is 29.4 Å². The Hall–Kier alpha value is -2.71. The van der Waals surface area contributed by atoms with Crippen molar-refractivity contribution in [3.8, 4) is 0 Å². The van der Waals surface area contributed by atoms with Crippen LogP contribution in [0, 0.1) is 0 Å². The van der Waals surface area contributed by atoms with Crippen molar-refractivity contribution in [3.63, 3.8) is 0 Å². The van der Waals surface area contributed by atoms with Crippen molar-refractivity contribution in [3.05, 3.63) is 70.2 Å². The topological polar surface area (TPSA) is 104 Å². The molecule has 0 amide bonds. The molecule has 0 saturated carbocycles. The number of halogens is 1. The van der Waals surface area contributed by atoms with Crippen molar-refractivity contribution in [1.82, 2.24) is 4.90 Å². The quantitative estimate of drug-likeness (QED) is 0.445. The van der Waals surface area contributed by atoms with Gasteiger partial charge in [-0.1, -0.05) is 58.4 Å². The summed E-state index contributed by atoms with van der Waals surface area (Å²) in [4.78, 5) is 33.5. The minimum atomic E-state index is -1.82. The van der Waals surface area contributed by atoms with E-state index in [2.05, 4.69) is 51.2 Å². The Bertz CT molecular complexity index is 939. The molecule has 2 saturated heterocycles. The minimum absolute atomic E-state index is 0.0555. The normalized spacial score (nSPS) is 22.5. The van der Waals surface area contributed by atoms with Crippen LogP contribution in [0.3, 0.4) is 0 Å². The number of ether oxygens (including phenoxy) is 1. The predicted octanol–water partition coefficient (Wildman–Crippen LogP) is 4.45. The number of aliphatic carboxylic acids is 2. The van der Waals surface area contributed by atoms with Gasteiger partial charge in [0.1, 0.15) is 6.10 Å². The first-order valence-electron chi connectivity index (χ1n) is 11.0. The molecule has 3 atom stereocenters. The van der Waals surface area contributed by atoms with Crippen LogP contribution in [0.5, 0.6) is 0 Å². The molecule has 7 nitrogen and oxygen atoms in total.